The summed E-state index contributed by atoms with van der Waals surface area (Å²) in [6.07, 6.45) is 1.02. The highest BCUT2D eigenvalue weighted by Gasteiger charge is 2.21. The zero-order chi connectivity index (χ0) is 18.4. The summed E-state index contributed by atoms with van der Waals surface area (Å²) in [4.78, 5) is 6.57. The number of para-hydroxylation sites is 1. The summed E-state index contributed by atoms with van der Waals surface area (Å²) >= 11 is 0. The molecule has 6 heteroatoms. The summed E-state index contributed by atoms with van der Waals surface area (Å²) in [5, 5.41) is 3.52. The Kier molecular flexibility index (Phi) is 8.22. The van der Waals surface area contributed by atoms with Crippen molar-refractivity contribution in [2.75, 3.05) is 34.4 Å². The second kappa shape index (κ2) is 10.4. The molecular weight excluding hydrogens is 453 g/mol. The van der Waals surface area contributed by atoms with Crippen LogP contribution in [0.5, 0.6) is 11.5 Å². The largest absolute Gasteiger partial charge is 0.497 e. The van der Waals surface area contributed by atoms with Gasteiger partial charge in [0.05, 0.1) is 13.7 Å². The molecule has 1 unspecified atom stereocenters. The topological polar surface area (TPSA) is 46.1 Å². The number of benzene rings is 2. The van der Waals surface area contributed by atoms with Crippen molar-refractivity contribution in [3.63, 3.8) is 0 Å². The van der Waals surface area contributed by atoms with Crippen molar-refractivity contribution in [2.45, 2.75) is 18.9 Å². The number of hydrogen-bond donors (Lipinski definition) is 1. The van der Waals surface area contributed by atoms with E-state index in [1.165, 1.54) is 11.1 Å². The Hall–Kier alpha value is -1.96. The summed E-state index contributed by atoms with van der Waals surface area (Å²) in [5.41, 5.74) is 2.49. The van der Waals surface area contributed by atoms with Crippen LogP contribution in [0.2, 0.25) is 0 Å². The van der Waals surface area contributed by atoms with Gasteiger partial charge in [-0.15, -0.1) is 24.0 Å². The number of nitrogens with zero attached hydrogens (tertiary/aromatic N) is 2. The van der Waals surface area contributed by atoms with E-state index < -0.39 is 0 Å². The van der Waals surface area contributed by atoms with E-state index in [2.05, 4.69) is 46.5 Å². The smallest absolute Gasteiger partial charge is 0.193 e. The number of methoxy groups -OCH3 is 1. The molecule has 1 N–H and O–H groups in total. The monoisotopic (exact) mass is 481 g/mol. The average Bonchev–Trinajstić information content (AvgIpc) is 2.69. The van der Waals surface area contributed by atoms with E-state index in [0.29, 0.717) is 5.92 Å². The van der Waals surface area contributed by atoms with Crippen LogP contribution >= 0.6 is 24.0 Å². The van der Waals surface area contributed by atoms with Gasteiger partial charge in [0.25, 0.3) is 0 Å². The van der Waals surface area contributed by atoms with Crippen molar-refractivity contribution in [1.29, 1.82) is 0 Å². The van der Waals surface area contributed by atoms with Crippen molar-refractivity contribution in [3.05, 3.63) is 59.7 Å². The minimum absolute atomic E-state index is 0. The maximum Gasteiger partial charge on any atom is 0.193 e. The van der Waals surface area contributed by atoms with Crippen molar-refractivity contribution in [3.8, 4) is 11.5 Å². The normalized spacial score (nSPS) is 15.8. The van der Waals surface area contributed by atoms with Gasteiger partial charge in [-0.25, -0.2) is 0 Å². The van der Waals surface area contributed by atoms with Crippen LogP contribution in [0.4, 0.5) is 0 Å². The zero-order valence-corrected chi connectivity index (χ0v) is 18.5. The third-order valence-electron chi connectivity index (χ3n) is 4.74. The Morgan fingerprint density at radius 3 is 2.67 bits per heavy atom. The molecule has 146 valence electrons. The molecular formula is C21H28IN3O2. The molecule has 1 aliphatic rings. The van der Waals surface area contributed by atoms with E-state index in [1.807, 2.05) is 31.3 Å². The van der Waals surface area contributed by atoms with Gasteiger partial charge in [-0.3, -0.25) is 4.99 Å². The number of rotatable bonds is 5. The van der Waals surface area contributed by atoms with Crippen LogP contribution in [0.25, 0.3) is 0 Å². The standard InChI is InChI=1S/C21H27N3O2.HI/c1-22-21(24(2)15-16-8-10-18(25-3)11-9-16)23-14-17-12-13-26-20-7-5-4-6-19(17)20;/h4-11,17H,12-15H2,1-3H3,(H,22,23);1H. The fourth-order valence-electron chi connectivity index (χ4n) is 3.31. The molecule has 0 aliphatic carbocycles. The predicted octanol–water partition coefficient (Wildman–Crippen LogP) is 3.89. The van der Waals surface area contributed by atoms with E-state index in [9.17, 15) is 0 Å². The Labute approximate surface area is 178 Å². The van der Waals surface area contributed by atoms with E-state index in [4.69, 9.17) is 9.47 Å². The number of aliphatic imine (C=N–C) groups is 1. The Morgan fingerprint density at radius 1 is 1.22 bits per heavy atom. The molecule has 1 heterocycles. The van der Waals surface area contributed by atoms with Crippen LogP contribution in [-0.4, -0.2) is 45.2 Å². The summed E-state index contributed by atoms with van der Waals surface area (Å²) in [7, 11) is 5.56. The van der Waals surface area contributed by atoms with Crippen LogP contribution in [0, 0.1) is 0 Å². The molecule has 0 bridgehead atoms. The Balaban J connectivity index is 0.00000261. The molecule has 0 saturated carbocycles. The first kappa shape index (κ1) is 21.3. The van der Waals surface area contributed by atoms with Crippen LogP contribution < -0.4 is 14.8 Å². The molecule has 0 radical (unpaired) electrons. The van der Waals surface area contributed by atoms with Crippen molar-refractivity contribution in [1.82, 2.24) is 10.2 Å². The number of fused-ring (bicyclic) bond motifs is 1. The first-order chi connectivity index (χ1) is 12.7. The highest BCUT2D eigenvalue weighted by Crippen LogP contribution is 2.32. The summed E-state index contributed by atoms with van der Waals surface area (Å²) < 4.78 is 11.0. The van der Waals surface area contributed by atoms with Gasteiger partial charge in [0, 0.05) is 33.1 Å². The van der Waals surface area contributed by atoms with Crippen LogP contribution in [-0.2, 0) is 6.54 Å². The molecule has 27 heavy (non-hydrogen) atoms. The molecule has 0 spiro atoms. The predicted molar refractivity (Wildman–Crippen MR) is 121 cm³/mol. The van der Waals surface area contributed by atoms with Gasteiger partial charge in [-0.1, -0.05) is 30.3 Å². The third-order valence-corrected chi connectivity index (χ3v) is 4.74. The minimum Gasteiger partial charge on any atom is -0.497 e. The van der Waals surface area contributed by atoms with Gasteiger partial charge >= 0.3 is 0 Å². The van der Waals surface area contributed by atoms with Gasteiger partial charge in [-0.2, -0.15) is 0 Å². The average molecular weight is 481 g/mol. The number of ether oxygens (including phenoxy) is 2. The summed E-state index contributed by atoms with van der Waals surface area (Å²) in [6.45, 7) is 2.40. The third kappa shape index (κ3) is 5.51. The quantitative estimate of drug-likeness (QED) is 0.400. The molecule has 3 rings (SSSR count). The van der Waals surface area contributed by atoms with Gasteiger partial charge < -0.3 is 19.7 Å². The van der Waals surface area contributed by atoms with E-state index >= 15 is 0 Å². The molecule has 1 aliphatic heterocycles. The maximum absolute atomic E-state index is 5.75. The van der Waals surface area contributed by atoms with Crippen LogP contribution in [0.15, 0.2) is 53.5 Å². The maximum atomic E-state index is 5.75. The molecule has 0 fully saturated rings. The molecule has 2 aromatic carbocycles. The number of nitrogens with one attached hydrogen (secondary N) is 1. The highest BCUT2D eigenvalue weighted by atomic mass is 127. The summed E-state index contributed by atoms with van der Waals surface area (Å²) in [5.74, 6) is 3.21. The van der Waals surface area contributed by atoms with Crippen molar-refractivity contribution in [2.24, 2.45) is 4.99 Å². The van der Waals surface area contributed by atoms with Gasteiger partial charge in [0.1, 0.15) is 11.5 Å². The van der Waals surface area contributed by atoms with Crippen molar-refractivity contribution >= 4 is 29.9 Å². The summed E-state index contributed by atoms with van der Waals surface area (Å²) in [6, 6.07) is 16.4. The fraction of sp³-hybridized carbons (Fsp3) is 0.381. The second-order valence-electron chi connectivity index (χ2n) is 6.50. The Morgan fingerprint density at radius 2 is 1.96 bits per heavy atom. The van der Waals surface area contributed by atoms with Gasteiger partial charge in [0.15, 0.2) is 5.96 Å². The molecule has 2 aromatic rings. The minimum atomic E-state index is 0. The Bertz CT molecular complexity index is 749. The van der Waals surface area contributed by atoms with E-state index in [1.54, 1.807) is 7.11 Å². The van der Waals surface area contributed by atoms with E-state index in [-0.39, 0.29) is 24.0 Å². The number of guanidine groups is 1. The molecule has 1 atom stereocenters. The lowest BCUT2D eigenvalue weighted by Gasteiger charge is -2.28. The first-order valence-electron chi connectivity index (χ1n) is 8.97. The van der Waals surface area contributed by atoms with E-state index in [0.717, 1.165) is 43.6 Å². The first-order valence-corrected chi connectivity index (χ1v) is 8.97. The highest BCUT2D eigenvalue weighted by molar-refractivity contribution is 14.0. The zero-order valence-electron chi connectivity index (χ0n) is 16.1. The molecule has 0 aromatic heterocycles. The number of halogens is 1. The van der Waals surface area contributed by atoms with Crippen LogP contribution in [0.3, 0.4) is 0 Å². The molecule has 0 amide bonds. The van der Waals surface area contributed by atoms with Crippen LogP contribution in [0.1, 0.15) is 23.5 Å². The molecule has 0 saturated heterocycles. The lowest BCUT2D eigenvalue weighted by molar-refractivity contribution is 0.266. The van der Waals surface area contributed by atoms with Crippen molar-refractivity contribution < 1.29 is 9.47 Å². The van der Waals surface area contributed by atoms with Gasteiger partial charge in [0.2, 0.25) is 0 Å². The molecule has 5 nitrogen and oxygen atoms in total. The lowest BCUT2D eigenvalue weighted by Crippen LogP contribution is -2.40. The fourth-order valence-corrected chi connectivity index (χ4v) is 3.31. The van der Waals surface area contributed by atoms with Gasteiger partial charge in [-0.05, 0) is 35.7 Å². The lowest BCUT2D eigenvalue weighted by atomic mass is 9.93. The SMILES string of the molecule is CN=C(NCC1CCOc2ccccc21)N(C)Cc1ccc(OC)cc1.I. The number of hydrogen-bond acceptors (Lipinski definition) is 3. The second-order valence-corrected chi connectivity index (χ2v) is 6.50.